The summed E-state index contributed by atoms with van der Waals surface area (Å²) >= 11 is 7.39. The molecule has 0 unspecified atom stereocenters. The highest BCUT2D eigenvalue weighted by atomic mass is 35.5. The van der Waals surface area contributed by atoms with Gasteiger partial charge in [-0.05, 0) is 49.2 Å². The van der Waals surface area contributed by atoms with Gasteiger partial charge in [0.05, 0.1) is 15.8 Å². The summed E-state index contributed by atoms with van der Waals surface area (Å²) < 4.78 is 27.1. The van der Waals surface area contributed by atoms with Crippen molar-refractivity contribution in [3.8, 4) is 0 Å². The average Bonchev–Trinajstić information content (AvgIpc) is 3.00. The van der Waals surface area contributed by atoms with Crippen LogP contribution in [0.5, 0.6) is 0 Å². The van der Waals surface area contributed by atoms with Crippen LogP contribution < -0.4 is 0 Å². The van der Waals surface area contributed by atoms with Gasteiger partial charge in [-0.2, -0.15) is 0 Å². The molecule has 2 aromatic rings. The van der Waals surface area contributed by atoms with Gasteiger partial charge in [0.25, 0.3) is 5.91 Å². The number of nitrogens with zero attached hydrogens (tertiary/aromatic N) is 2. The summed E-state index contributed by atoms with van der Waals surface area (Å²) in [4.78, 5) is 15.8. The molecule has 0 aliphatic rings. The number of hydrogen-bond donors (Lipinski definition) is 0. The van der Waals surface area contributed by atoms with Crippen LogP contribution in [-0.2, 0) is 16.6 Å². The van der Waals surface area contributed by atoms with Crippen molar-refractivity contribution < 1.29 is 13.2 Å². The first-order valence-corrected chi connectivity index (χ1v) is 10.9. The third-order valence-corrected chi connectivity index (χ3v) is 7.39. The van der Waals surface area contributed by atoms with E-state index in [4.69, 9.17) is 11.6 Å². The fraction of sp³-hybridized carbons (Fsp3) is 0.316. The molecule has 1 aromatic heterocycles. The third-order valence-electron chi connectivity index (χ3n) is 4.24. The van der Waals surface area contributed by atoms with Crippen molar-refractivity contribution in [3.63, 3.8) is 0 Å². The number of aryl methyl sites for hydroxylation is 1. The maximum Gasteiger partial charge on any atom is 0.254 e. The van der Waals surface area contributed by atoms with E-state index >= 15 is 0 Å². The largest absolute Gasteiger partial charge is 0.330 e. The molecule has 0 aliphatic heterocycles. The standard InChI is InChI=1S/C19H23ClN2O3S2/c1-6-9-22(12-16-7-8-18(20)26-16)19(23)15-10-13(2)14(3)17(11-15)27(24,25)21(4)5/h6-8,10-11H,1,9,12H2,2-5H3. The normalized spacial score (nSPS) is 11.6. The number of rotatable bonds is 7. The third kappa shape index (κ3) is 4.79. The van der Waals surface area contributed by atoms with Crippen LogP contribution in [0.15, 0.2) is 41.8 Å². The number of benzene rings is 1. The quantitative estimate of drug-likeness (QED) is 0.626. The van der Waals surface area contributed by atoms with Crippen molar-refractivity contribution in [3.05, 3.63) is 62.8 Å². The lowest BCUT2D eigenvalue weighted by atomic mass is 10.1. The van der Waals surface area contributed by atoms with Crippen LogP contribution in [-0.4, -0.2) is 44.2 Å². The number of carbonyl (C=O) groups is 1. The van der Waals surface area contributed by atoms with Crippen LogP contribution in [0.4, 0.5) is 0 Å². The van der Waals surface area contributed by atoms with Gasteiger partial charge >= 0.3 is 0 Å². The molecule has 0 spiro atoms. The van der Waals surface area contributed by atoms with E-state index in [1.54, 1.807) is 37.0 Å². The Hall–Kier alpha value is -1.67. The second-order valence-corrected chi connectivity index (χ2v) is 10.3. The van der Waals surface area contributed by atoms with E-state index in [9.17, 15) is 13.2 Å². The van der Waals surface area contributed by atoms with Crippen LogP contribution >= 0.6 is 22.9 Å². The highest BCUT2D eigenvalue weighted by molar-refractivity contribution is 7.89. The monoisotopic (exact) mass is 426 g/mol. The molecular weight excluding hydrogens is 404 g/mol. The van der Waals surface area contributed by atoms with Crippen LogP contribution in [0.25, 0.3) is 0 Å². The van der Waals surface area contributed by atoms with E-state index in [1.165, 1.54) is 31.5 Å². The molecular formula is C19H23ClN2O3S2. The Morgan fingerprint density at radius 3 is 2.44 bits per heavy atom. The first-order valence-electron chi connectivity index (χ1n) is 8.26. The maximum absolute atomic E-state index is 13.1. The Morgan fingerprint density at radius 1 is 1.26 bits per heavy atom. The minimum atomic E-state index is -3.65. The molecule has 27 heavy (non-hydrogen) atoms. The van der Waals surface area contributed by atoms with E-state index in [2.05, 4.69) is 6.58 Å². The molecule has 1 heterocycles. The van der Waals surface area contributed by atoms with Gasteiger partial charge in [0.15, 0.2) is 0 Å². The van der Waals surface area contributed by atoms with E-state index < -0.39 is 10.0 Å². The summed E-state index contributed by atoms with van der Waals surface area (Å²) in [6.45, 7) is 7.99. The Balaban J connectivity index is 2.46. The fourth-order valence-electron chi connectivity index (χ4n) is 2.60. The first-order chi connectivity index (χ1) is 12.6. The molecule has 0 saturated heterocycles. The zero-order chi connectivity index (χ0) is 20.4. The highest BCUT2D eigenvalue weighted by Crippen LogP contribution is 2.26. The Kier molecular flexibility index (Phi) is 6.86. The Morgan fingerprint density at radius 2 is 1.93 bits per heavy atom. The molecule has 2 rings (SSSR count). The number of hydrogen-bond acceptors (Lipinski definition) is 4. The molecule has 0 N–H and O–H groups in total. The van der Waals surface area contributed by atoms with Gasteiger partial charge in [-0.3, -0.25) is 4.79 Å². The van der Waals surface area contributed by atoms with Gasteiger partial charge in [-0.25, -0.2) is 12.7 Å². The predicted molar refractivity (Wildman–Crippen MR) is 111 cm³/mol. The molecule has 1 aromatic carbocycles. The lowest BCUT2D eigenvalue weighted by molar-refractivity contribution is 0.0764. The molecule has 0 fully saturated rings. The molecule has 0 saturated carbocycles. The van der Waals surface area contributed by atoms with E-state index in [0.29, 0.717) is 28.6 Å². The van der Waals surface area contributed by atoms with Gasteiger partial charge in [0.1, 0.15) is 0 Å². The SMILES string of the molecule is C=CCN(Cc1ccc(Cl)s1)C(=O)c1cc(C)c(C)c(S(=O)(=O)N(C)C)c1. The summed E-state index contributed by atoms with van der Waals surface area (Å²) in [7, 11) is -0.702. The van der Waals surface area contributed by atoms with E-state index in [0.717, 1.165) is 14.7 Å². The molecule has 5 nitrogen and oxygen atoms in total. The summed E-state index contributed by atoms with van der Waals surface area (Å²) in [6.07, 6.45) is 1.64. The number of sulfonamides is 1. The van der Waals surface area contributed by atoms with Crippen LogP contribution in [0.1, 0.15) is 26.4 Å². The zero-order valence-corrected chi connectivity index (χ0v) is 18.2. The van der Waals surface area contributed by atoms with Crippen molar-refractivity contribution in [2.75, 3.05) is 20.6 Å². The first kappa shape index (κ1) is 21.6. The predicted octanol–water partition coefficient (Wildman–Crippen LogP) is 4.10. The van der Waals surface area contributed by atoms with Crippen molar-refractivity contribution >= 4 is 38.9 Å². The number of thiophene rings is 1. The molecule has 1 amide bonds. The molecule has 0 radical (unpaired) electrons. The van der Waals surface area contributed by atoms with Gasteiger partial charge in [0, 0.05) is 31.1 Å². The molecule has 8 heteroatoms. The summed E-state index contributed by atoms with van der Waals surface area (Å²) in [5, 5.41) is 0. The molecule has 0 bridgehead atoms. The zero-order valence-electron chi connectivity index (χ0n) is 15.8. The van der Waals surface area contributed by atoms with Crippen molar-refractivity contribution in [2.45, 2.75) is 25.3 Å². The fourth-order valence-corrected chi connectivity index (χ4v) is 4.92. The lowest BCUT2D eigenvalue weighted by Crippen LogP contribution is -2.31. The highest BCUT2D eigenvalue weighted by Gasteiger charge is 2.24. The minimum absolute atomic E-state index is 0.147. The van der Waals surface area contributed by atoms with Crippen molar-refractivity contribution in [2.24, 2.45) is 0 Å². The van der Waals surface area contributed by atoms with E-state index in [-0.39, 0.29) is 10.8 Å². The summed E-state index contributed by atoms with van der Waals surface area (Å²) in [5.41, 5.74) is 1.72. The van der Waals surface area contributed by atoms with Crippen molar-refractivity contribution in [1.29, 1.82) is 0 Å². The number of amides is 1. The van der Waals surface area contributed by atoms with Gasteiger partial charge in [-0.15, -0.1) is 17.9 Å². The molecule has 146 valence electrons. The number of halogens is 1. The van der Waals surface area contributed by atoms with Crippen LogP contribution in [0, 0.1) is 13.8 Å². The summed E-state index contributed by atoms with van der Waals surface area (Å²) in [6, 6.07) is 6.84. The Labute approximate surface area is 169 Å². The minimum Gasteiger partial charge on any atom is -0.330 e. The average molecular weight is 427 g/mol. The van der Waals surface area contributed by atoms with Crippen LogP contribution in [0.2, 0.25) is 4.34 Å². The van der Waals surface area contributed by atoms with Crippen LogP contribution in [0.3, 0.4) is 0 Å². The number of carbonyl (C=O) groups excluding carboxylic acids is 1. The van der Waals surface area contributed by atoms with E-state index in [1.807, 2.05) is 6.07 Å². The Bertz CT molecular complexity index is 965. The summed E-state index contributed by atoms with van der Waals surface area (Å²) in [5.74, 6) is -0.252. The van der Waals surface area contributed by atoms with Gasteiger partial charge < -0.3 is 4.90 Å². The molecule has 0 aliphatic carbocycles. The lowest BCUT2D eigenvalue weighted by Gasteiger charge is -2.22. The smallest absolute Gasteiger partial charge is 0.254 e. The van der Waals surface area contributed by atoms with Gasteiger partial charge in [-0.1, -0.05) is 17.7 Å². The maximum atomic E-state index is 13.1. The molecule has 0 atom stereocenters. The topological polar surface area (TPSA) is 57.7 Å². The van der Waals surface area contributed by atoms with Crippen molar-refractivity contribution in [1.82, 2.24) is 9.21 Å². The second kappa shape index (κ2) is 8.56. The second-order valence-electron chi connectivity index (χ2n) is 6.38. The van der Waals surface area contributed by atoms with Gasteiger partial charge in [0.2, 0.25) is 10.0 Å².